The van der Waals surface area contributed by atoms with Gasteiger partial charge in [0.1, 0.15) is 0 Å². The minimum absolute atomic E-state index is 0.209. The van der Waals surface area contributed by atoms with Crippen molar-refractivity contribution in [1.82, 2.24) is 5.32 Å². The standard InChI is InChI=1S/C14H15NOS/c1-2-4-11(5-3-1)13-9-16-14(8-15-13)12-6-7-17-10-12/h1-7,10,13-15H,8-9H2. The summed E-state index contributed by atoms with van der Waals surface area (Å²) >= 11 is 1.72. The molecule has 2 nitrogen and oxygen atoms in total. The Balaban J connectivity index is 1.65. The molecule has 1 aromatic heterocycles. The molecule has 1 saturated heterocycles. The van der Waals surface area contributed by atoms with Crippen LogP contribution in [-0.2, 0) is 4.74 Å². The first-order chi connectivity index (χ1) is 8.43. The van der Waals surface area contributed by atoms with E-state index in [1.807, 2.05) is 6.07 Å². The summed E-state index contributed by atoms with van der Waals surface area (Å²) in [5.74, 6) is 0. The fourth-order valence-corrected chi connectivity index (χ4v) is 2.85. The third kappa shape index (κ3) is 2.41. The third-order valence-corrected chi connectivity index (χ3v) is 3.83. The highest BCUT2D eigenvalue weighted by Crippen LogP contribution is 2.26. The molecule has 0 saturated carbocycles. The van der Waals surface area contributed by atoms with Gasteiger partial charge >= 0.3 is 0 Å². The lowest BCUT2D eigenvalue weighted by atomic mass is 10.0. The van der Waals surface area contributed by atoms with Crippen LogP contribution in [0.1, 0.15) is 23.3 Å². The van der Waals surface area contributed by atoms with Crippen molar-refractivity contribution in [1.29, 1.82) is 0 Å². The second-order valence-corrected chi connectivity index (χ2v) is 5.03. The van der Waals surface area contributed by atoms with Crippen LogP contribution in [0.3, 0.4) is 0 Å². The Bertz CT molecular complexity index is 446. The van der Waals surface area contributed by atoms with Crippen molar-refractivity contribution in [2.45, 2.75) is 12.1 Å². The quantitative estimate of drug-likeness (QED) is 0.877. The molecule has 1 fully saturated rings. The Kier molecular flexibility index (Phi) is 3.22. The number of ether oxygens (including phenoxy) is 1. The number of rotatable bonds is 2. The van der Waals surface area contributed by atoms with Gasteiger partial charge in [0.15, 0.2) is 0 Å². The summed E-state index contributed by atoms with van der Waals surface area (Å²) in [5.41, 5.74) is 2.59. The van der Waals surface area contributed by atoms with Gasteiger partial charge in [0.25, 0.3) is 0 Å². The first kappa shape index (κ1) is 11.0. The van der Waals surface area contributed by atoms with Gasteiger partial charge in [-0.05, 0) is 28.0 Å². The van der Waals surface area contributed by atoms with Gasteiger partial charge in [-0.1, -0.05) is 30.3 Å². The van der Waals surface area contributed by atoms with Crippen LogP contribution < -0.4 is 5.32 Å². The molecule has 2 aromatic rings. The molecule has 1 aromatic carbocycles. The van der Waals surface area contributed by atoms with E-state index in [-0.39, 0.29) is 6.10 Å². The summed E-state index contributed by atoms with van der Waals surface area (Å²) < 4.78 is 5.93. The second-order valence-electron chi connectivity index (χ2n) is 4.25. The number of hydrogen-bond donors (Lipinski definition) is 1. The molecule has 0 spiro atoms. The molecule has 1 aliphatic rings. The summed E-state index contributed by atoms with van der Waals surface area (Å²) in [6, 6.07) is 12.9. The van der Waals surface area contributed by atoms with Gasteiger partial charge in [-0.25, -0.2) is 0 Å². The maximum absolute atomic E-state index is 5.93. The third-order valence-electron chi connectivity index (χ3n) is 3.13. The van der Waals surface area contributed by atoms with E-state index in [0.717, 1.165) is 13.2 Å². The van der Waals surface area contributed by atoms with Crippen LogP contribution >= 0.6 is 11.3 Å². The molecule has 1 aliphatic heterocycles. The van der Waals surface area contributed by atoms with E-state index < -0.39 is 0 Å². The van der Waals surface area contributed by atoms with Gasteiger partial charge in [0.05, 0.1) is 18.8 Å². The minimum atomic E-state index is 0.209. The number of hydrogen-bond acceptors (Lipinski definition) is 3. The summed E-state index contributed by atoms with van der Waals surface area (Å²) in [6.07, 6.45) is 0.209. The molecule has 0 aliphatic carbocycles. The number of thiophene rings is 1. The highest BCUT2D eigenvalue weighted by Gasteiger charge is 2.23. The molecule has 17 heavy (non-hydrogen) atoms. The van der Waals surface area contributed by atoms with Gasteiger partial charge in [0.2, 0.25) is 0 Å². The molecular weight excluding hydrogens is 230 g/mol. The van der Waals surface area contributed by atoms with E-state index in [9.17, 15) is 0 Å². The van der Waals surface area contributed by atoms with Crippen LogP contribution in [0.4, 0.5) is 0 Å². The molecule has 0 amide bonds. The van der Waals surface area contributed by atoms with Crippen molar-refractivity contribution in [2.75, 3.05) is 13.2 Å². The average molecular weight is 245 g/mol. The average Bonchev–Trinajstić information content (AvgIpc) is 2.94. The van der Waals surface area contributed by atoms with E-state index in [1.165, 1.54) is 11.1 Å². The molecule has 88 valence electrons. The minimum Gasteiger partial charge on any atom is -0.370 e. The van der Waals surface area contributed by atoms with Gasteiger partial charge in [0, 0.05) is 6.54 Å². The molecule has 2 atom stereocenters. The first-order valence-electron chi connectivity index (χ1n) is 5.85. The van der Waals surface area contributed by atoms with Crippen molar-refractivity contribution < 1.29 is 4.74 Å². The monoisotopic (exact) mass is 245 g/mol. The van der Waals surface area contributed by atoms with Gasteiger partial charge in [-0.3, -0.25) is 0 Å². The molecule has 2 heterocycles. The fraction of sp³-hybridized carbons (Fsp3) is 0.286. The van der Waals surface area contributed by atoms with Gasteiger partial charge < -0.3 is 10.1 Å². The van der Waals surface area contributed by atoms with Crippen molar-refractivity contribution in [2.24, 2.45) is 0 Å². The van der Waals surface area contributed by atoms with E-state index in [4.69, 9.17) is 4.74 Å². The van der Waals surface area contributed by atoms with E-state index in [2.05, 4.69) is 46.4 Å². The molecular formula is C14H15NOS. The zero-order chi connectivity index (χ0) is 11.5. The van der Waals surface area contributed by atoms with E-state index in [0.29, 0.717) is 6.04 Å². The number of morpholine rings is 1. The Morgan fingerprint density at radius 2 is 2.00 bits per heavy atom. The predicted molar refractivity (Wildman–Crippen MR) is 70.2 cm³/mol. The highest BCUT2D eigenvalue weighted by atomic mass is 32.1. The highest BCUT2D eigenvalue weighted by molar-refractivity contribution is 7.07. The SMILES string of the molecule is c1ccc(C2COC(c3ccsc3)CN2)cc1. The molecule has 1 N–H and O–H groups in total. The lowest BCUT2D eigenvalue weighted by Gasteiger charge is -2.30. The Hall–Kier alpha value is -1.16. The van der Waals surface area contributed by atoms with Gasteiger partial charge in [-0.15, -0.1) is 0 Å². The zero-order valence-electron chi connectivity index (χ0n) is 9.50. The predicted octanol–water partition coefficient (Wildman–Crippen LogP) is 3.15. The summed E-state index contributed by atoms with van der Waals surface area (Å²) in [6.45, 7) is 1.63. The van der Waals surface area contributed by atoms with Crippen LogP contribution in [0.5, 0.6) is 0 Å². The second kappa shape index (κ2) is 5.00. The molecule has 0 bridgehead atoms. The maximum Gasteiger partial charge on any atom is 0.0958 e. The van der Waals surface area contributed by atoms with Crippen LogP contribution in [0.15, 0.2) is 47.2 Å². The molecule has 3 heteroatoms. The van der Waals surface area contributed by atoms with Crippen molar-refractivity contribution >= 4 is 11.3 Å². The number of benzene rings is 1. The molecule has 0 radical (unpaired) electrons. The largest absolute Gasteiger partial charge is 0.370 e. The first-order valence-corrected chi connectivity index (χ1v) is 6.80. The van der Waals surface area contributed by atoms with Crippen LogP contribution in [0, 0.1) is 0 Å². The summed E-state index contributed by atoms with van der Waals surface area (Å²) in [5, 5.41) is 7.81. The maximum atomic E-state index is 5.93. The van der Waals surface area contributed by atoms with Crippen LogP contribution in [0.2, 0.25) is 0 Å². The Morgan fingerprint density at radius 1 is 1.12 bits per heavy atom. The van der Waals surface area contributed by atoms with Crippen LogP contribution in [-0.4, -0.2) is 13.2 Å². The van der Waals surface area contributed by atoms with Crippen LogP contribution in [0.25, 0.3) is 0 Å². The Labute approximate surface area is 105 Å². The van der Waals surface area contributed by atoms with E-state index in [1.54, 1.807) is 11.3 Å². The fourth-order valence-electron chi connectivity index (χ4n) is 2.15. The van der Waals surface area contributed by atoms with E-state index >= 15 is 0 Å². The van der Waals surface area contributed by atoms with Gasteiger partial charge in [-0.2, -0.15) is 11.3 Å². The summed E-state index contributed by atoms with van der Waals surface area (Å²) in [4.78, 5) is 0. The number of nitrogens with one attached hydrogen (secondary N) is 1. The normalized spacial score (nSPS) is 24.7. The smallest absolute Gasteiger partial charge is 0.0958 e. The van der Waals surface area contributed by atoms with Crippen molar-refractivity contribution in [3.05, 3.63) is 58.3 Å². The zero-order valence-corrected chi connectivity index (χ0v) is 10.3. The summed E-state index contributed by atoms with van der Waals surface area (Å²) in [7, 11) is 0. The molecule has 2 unspecified atom stereocenters. The van der Waals surface area contributed by atoms with Crippen molar-refractivity contribution in [3.63, 3.8) is 0 Å². The molecule has 3 rings (SSSR count). The topological polar surface area (TPSA) is 21.3 Å². The lowest BCUT2D eigenvalue weighted by Crippen LogP contribution is -2.36. The Morgan fingerprint density at radius 3 is 2.65 bits per heavy atom. The lowest BCUT2D eigenvalue weighted by molar-refractivity contribution is 0.00261. The van der Waals surface area contributed by atoms with Crippen molar-refractivity contribution in [3.8, 4) is 0 Å².